The smallest absolute Gasteiger partial charge is 0.333 e. The molecule has 0 aliphatic rings. The van der Waals surface area contributed by atoms with E-state index < -0.39 is 36.5 Å². The van der Waals surface area contributed by atoms with E-state index in [-0.39, 0.29) is 6.42 Å². The first kappa shape index (κ1) is 20.6. The lowest BCUT2D eigenvalue weighted by atomic mass is 10.2. The van der Waals surface area contributed by atoms with E-state index in [9.17, 15) is 19.5 Å². The Balaban J connectivity index is 0. The lowest BCUT2D eigenvalue weighted by molar-refractivity contribution is -0.873. The molecule has 0 spiro atoms. The van der Waals surface area contributed by atoms with Gasteiger partial charge in [0.25, 0.3) is 0 Å². The zero-order valence-electron chi connectivity index (χ0n) is 11.6. The molecule has 0 rings (SSSR count). The van der Waals surface area contributed by atoms with Crippen molar-refractivity contribution in [3.63, 3.8) is 0 Å². The highest BCUT2D eigenvalue weighted by atomic mass is 16.4. The molecule has 9 heteroatoms. The number of carboxylic acids is 3. The second-order valence-electron chi connectivity index (χ2n) is 5.15. The molecule has 4 N–H and O–H groups in total. The third kappa shape index (κ3) is 16.3. The minimum atomic E-state index is -1.79. The highest BCUT2D eigenvalue weighted by Gasteiger charge is 2.16. The fourth-order valence-corrected chi connectivity index (χ4v) is 1.14. The molecule has 0 saturated carbocycles. The first-order valence-electron chi connectivity index (χ1n) is 5.66. The van der Waals surface area contributed by atoms with E-state index in [0.717, 1.165) is 0 Å². The second kappa shape index (κ2) is 9.23. The predicted molar refractivity (Wildman–Crippen MR) is 64.4 cm³/mol. The Morgan fingerprint density at radius 2 is 1.50 bits per heavy atom. The maximum atomic E-state index is 10.0. The van der Waals surface area contributed by atoms with E-state index in [0.29, 0.717) is 11.0 Å². The molecule has 0 radical (unpaired) electrons. The molecule has 0 aromatic carbocycles. The van der Waals surface area contributed by atoms with Gasteiger partial charge >= 0.3 is 11.9 Å². The summed E-state index contributed by atoms with van der Waals surface area (Å²) in [5.74, 6) is -4.05. The van der Waals surface area contributed by atoms with Crippen LogP contribution in [0.25, 0.3) is 0 Å². The molecule has 0 saturated heterocycles. The van der Waals surface area contributed by atoms with Crippen LogP contribution in [-0.2, 0) is 14.4 Å². The van der Waals surface area contributed by atoms with Crippen molar-refractivity contribution in [1.29, 1.82) is 0 Å². The summed E-state index contributed by atoms with van der Waals surface area (Å²) in [4.78, 5) is 29.4. The number of hydrogen-bond acceptors (Lipinski definition) is 6. The summed E-state index contributed by atoms with van der Waals surface area (Å²) in [6.45, 7) is 0.425. The molecule has 0 fully saturated rings. The average Bonchev–Trinajstić information content (AvgIpc) is 2.12. The van der Waals surface area contributed by atoms with E-state index in [1.807, 2.05) is 21.1 Å². The number of quaternary nitrogens is 1. The van der Waals surface area contributed by atoms with Crippen molar-refractivity contribution < 1.29 is 44.4 Å². The molecule has 0 aliphatic carbocycles. The largest absolute Gasteiger partial charge is 0.550 e. The number of carbonyl (C=O) groups is 3. The van der Waals surface area contributed by atoms with E-state index in [4.69, 9.17) is 20.4 Å². The fourth-order valence-electron chi connectivity index (χ4n) is 1.14. The summed E-state index contributed by atoms with van der Waals surface area (Å²) >= 11 is 0. The number of nitrogens with zero attached hydrogens (tertiary/aromatic N) is 1. The van der Waals surface area contributed by atoms with Crippen molar-refractivity contribution in [2.75, 3.05) is 27.7 Å². The van der Waals surface area contributed by atoms with Gasteiger partial charge in [-0.1, -0.05) is 0 Å². The summed E-state index contributed by atoms with van der Waals surface area (Å²) in [6.07, 6.45) is -3.63. The molecule has 2 atom stereocenters. The topological polar surface area (TPSA) is 155 Å². The van der Waals surface area contributed by atoms with Crippen LogP contribution in [-0.4, -0.2) is 82.7 Å². The summed E-state index contributed by atoms with van der Waals surface area (Å²) in [6, 6.07) is 0. The van der Waals surface area contributed by atoms with Crippen molar-refractivity contribution in [3.8, 4) is 0 Å². The molecule has 9 nitrogen and oxygen atoms in total. The fraction of sp³-hybridized carbons (Fsp3) is 0.727. The normalized spacial score (nSPS) is 13.7. The van der Waals surface area contributed by atoms with Crippen LogP contribution in [0.1, 0.15) is 12.8 Å². The van der Waals surface area contributed by atoms with Gasteiger partial charge in [-0.15, -0.1) is 0 Å². The van der Waals surface area contributed by atoms with Crippen molar-refractivity contribution in [3.05, 3.63) is 0 Å². The van der Waals surface area contributed by atoms with Gasteiger partial charge in [0.1, 0.15) is 12.6 Å². The summed E-state index contributed by atoms with van der Waals surface area (Å²) in [5.41, 5.74) is 0. The average molecular weight is 295 g/mol. The van der Waals surface area contributed by atoms with Gasteiger partial charge in [0.2, 0.25) is 0 Å². The van der Waals surface area contributed by atoms with Crippen molar-refractivity contribution in [2.24, 2.45) is 0 Å². The minimum Gasteiger partial charge on any atom is -0.550 e. The van der Waals surface area contributed by atoms with Gasteiger partial charge in [0.05, 0.1) is 27.6 Å². The van der Waals surface area contributed by atoms with E-state index in [2.05, 4.69) is 0 Å². The van der Waals surface area contributed by atoms with Crippen LogP contribution in [0.4, 0.5) is 0 Å². The van der Waals surface area contributed by atoms with E-state index in [1.165, 1.54) is 0 Å². The maximum Gasteiger partial charge on any atom is 0.333 e. The third-order valence-electron chi connectivity index (χ3n) is 1.81. The Labute approximate surface area is 116 Å². The molecular formula is C11H21NO8. The minimum absolute atomic E-state index is 0.282. The maximum absolute atomic E-state index is 10.0. The summed E-state index contributed by atoms with van der Waals surface area (Å²) < 4.78 is 0.550. The number of aliphatic carboxylic acids is 3. The first-order valence-corrected chi connectivity index (χ1v) is 5.66. The van der Waals surface area contributed by atoms with Crippen LogP contribution in [0.5, 0.6) is 0 Å². The zero-order chi connectivity index (χ0) is 16.5. The number of aliphatic hydroxyl groups excluding tert-OH is 2. The Bertz CT molecular complexity index is 336. The number of carbonyl (C=O) groups excluding carboxylic acids is 1. The van der Waals surface area contributed by atoms with Gasteiger partial charge < -0.3 is 34.8 Å². The lowest BCUT2D eigenvalue weighted by Gasteiger charge is -2.26. The number of rotatable bonds is 7. The number of aliphatic hydroxyl groups is 2. The third-order valence-corrected chi connectivity index (χ3v) is 1.81. The van der Waals surface area contributed by atoms with Crippen LogP contribution in [0.15, 0.2) is 0 Å². The Morgan fingerprint density at radius 3 is 1.70 bits per heavy atom. The zero-order valence-corrected chi connectivity index (χ0v) is 11.6. The van der Waals surface area contributed by atoms with Crippen molar-refractivity contribution >= 4 is 17.9 Å². The number of carboxylic acid groups (broad SMARTS) is 3. The van der Waals surface area contributed by atoms with Crippen LogP contribution in [0.3, 0.4) is 0 Å². The molecule has 118 valence electrons. The molecule has 0 bridgehead atoms. The van der Waals surface area contributed by atoms with Crippen molar-refractivity contribution in [1.82, 2.24) is 0 Å². The molecule has 2 unspecified atom stereocenters. The van der Waals surface area contributed by atoms with Crippen LogP contribution in [0, 0.1) is 0 Å². The van der Waals surface area contributed by atoms with Crippen LogP contribution in [0.2, 0.25) is 0 Å². The molecule has 20 heavy (non-hydrogen) atoms. The highest BCUT2D eigenvalue weighted by Crippen LogP contribution is 1.97. The SMILES string of the molecule is C[N+](C)(C)CC(O)CC(=O)[O-].O=C(O)CC(O)C(=O)O. The van der Waals surface area contributed by atoms with Gasteiger partial charge in [-0.3, -0.25) is 4.79 Å². The van der Waals surface area contributed by atoms with E-state index in [1.54, 1.807) is 0 Å². The molecular weight excluding hydrogens is 274 g/mol. The van der Waals surface area contributed by atoms with Gasteiger partial charge in [0.15, 0.2) is 6.10 Å². The van der Waals surface area contributed by atoms with Gasteiger partial charge in [-0.2, -0.15) is 0 Å². The van der Waals surface area contributed by atoms with Gasteiger partial charge in [0, 0.05) is 12.4 Å². The standard InChI is InChI=1S/C7H15NO3.C4H6O5/c1-8(2,3)5-6(9)4-7(10)11;5-2(4(8)9)1-3(6)7/h6,9H,4-5H2,1-3H3;2,5H,1H2,(H,6,7)(H,8,9). The Morgan fingerprint density at radius 1 is 1.05 bits per heavy atom. The molecule has 0 aromatic heterocycles. The molecule has 0 heterocycles. The highest BCUT2D eigenvalue weighted by molar-refractivity contribution is 5.79. The monoisotopic (exact) mass is 295 g/mol. The Hall–Kier alpha value is -1.71. The first-order chi connectivity index (χ1) is 8.85. The quantitative estimate of drug-likeness (QED) is 0.364. The number of hydrogen-bond donors (Lipinski definition) is 4. The Kier molecular flexibility index (Phi) is 9.51. The summed E-state index contributed by atoms with van der Waals surface area (Å²) in [7, 11) is 5.66. The van der Waals surface area contributed by atoms with Crippen LogP contribution >= 0.6 is 0 Å². The van der Waals surface area contributed by atoms with Crippen LogP contribution < -0.4 is 5.11 Å². The molecule has 0 amide bonds. The molecule has 0 aliphatic heterocycles. The van der Waals surface area contributed by atoms with Gasteiger partial charge in [-0.05, 0) is 0 Å². The predicted octanol–water partition coefficient (Wildman–Crippen LogP) is -2.90. The second-order valence-corrected chi connectivity index (χ2v) is 5.15. The van der Waals surface area contributed by atoms with Crippen molar-refractivity contribution in [2.45, 2.75) is 25.0 Å². The molecule has 0 aromatic rings. The van der Waals surface area contributed by atoms with E-state index >= 15 is 0 Å². The number of likely N-dealkylation sites (N-methyl/N-ethyl adjacent to an activating group) is 1. The summed E-state index contributed by atoms with van der Waals surface area (Å²) in [5, 5.41) is 43.3. The lowest BCUT2D eigenvalue weighted by Crippen LogP contribution is -2.43. The van der Waals surface area contributed by atoms with Gasteiger partial charge in [-0.25, -0.2) is 4.79 Å².